The van der Waals surface area contributed by atoms with E-state index in [1.807, 2.05) is 6.07 Å². The average Bonchev–Trinajstić information content (AvgIpc) is 2.85. The van der Waals surface area contributed by atoms with Crippen LogP contribution in [-0.2, 0) is 17.9 Å². The van der Waals surface area contributed by atoms with Crippen LogP contribution in [0.3, 0.4) is 0 Å². The van der Waals surface area contributed by atoms with E-state index in [1.165, 1.54) is 6.92 Å². The summed E-state index contributed by atoms with van der Waals surface area (Å²) in [5.41, 5.74) is 2.77. The highest BCUT2D eigenvalue weighted by molar-refractivity contribution is 6.42. The first-order valence-corrected chi connectivity index (χ1v) is 11.6. The first-order valence-electron chi connectivity index (χ1n) is 10.8. The predicted molar refractivity (Wildman–Crippen MR) is 138 cm³/mol. The second-order valence-corrected chi connectivity index (χ2v) is 8.60. The lowest BCUT2D eigenvalue weighted by atomic mass is 10.1. The fourth-order valence-corrected chi connectivity index (χ4v) is 3.91. The van der Waals surface area contributed by atoms with Crippen molar-refractivity contribution < 1.29 is 9.53 Å². The Morgan fingerprint density at radius 2 is 1.86 bits per heavy atom. The zero-order chi connectivity index (χ0) is 24.9. The van der Waals surface area contributed by atoms with E-state index in [1.54, 1.807) is 60.3 Å². The predicted octanol–water partition coefficient (Wildman–Crippen LogP) is 4.52. The molecule has 2 N–H and O–H groups in total. The van der Waals surface area contributed by atoms with Crippen LogP contribution in [0.15, 0.2) is 59.5 Å². The summed E-state index contributed by atoms with van der Waals surface area (Å²) in [5, 5.41) is 6.94. The van der Waals surface area contributed by atoms with Gasteiger partial charge in [-0.25, -0.2) is 9.97 Å². The molecule has 0 bridgehead atoms. The van der Waals surface area contributed by atoms with Crippen molar-refractivity contribution in [2.75, 3.05) is 19.0 Å². The van der Waals surface area contributed by atoms with E-state index < -0.39 is 0 Å². The van der Waals surface area contributed by atoms with Crippen molar-refractivity contribution in [2.24, 2.45) is 0 Å². The van der Waals surface area contributed by atoms with Crippen molar-refractivity contribution in [1.29, 1.82) is 0 Å². The van der Waals surface area contributed by atoms with Gasteiger partial charge in [0.1, 0.15) is 22.8 Å². The van der Waals surface area contributed by atoms with Crippen molar-refractivity contribution in [1.82, 2.24) is 19.9 Å². The summed E-state index contributed by atoms with van der Waals surface area (Å²) in [5.74, 6) is 1.08. The number of ether oxygens (including phenoxy) is 1. The Balaban J connectivity index is 1.71. The summed E-state index contributed by atoms with van der Waals surface area (Å²) >= 11 is 12.1. The summed E-state index contributed by atoms with van der Waals surface area (Å²) < 4.78 is 6.81. The van der Waals surface area contributed by atoms with Crippen molar-refractivity contribution in [3.63, 3.8) is 0 Å². The second kappa shape index (κ2) is 10.8. The van der Waals surface area contributed by atoms with Gasteiger partial charge in [-0.15, -0.1) is 0 Å². The Morgan fingerprint density at radius 3 is 2.54 bits per heavy atom. The molecule has 0 radical (unpaired) electrons. The van der Waals surface area contributed by atoms with Crippen LogP contribution in [0, 0.1) is 0 Å². The van der Waals surface area contributed by atoms with Gasteiger partial charge in [0.2, 0.25) is 5.91 Å². The molecule has 0 saturated heterocycles. The fraction of sp³-hybridized carbons (Fsp3) is 0.200. The average molecular weight is 512 g/mol. The highest BCUT2D eigenvalue weighted by atomic mass is 35.5. The van der Waals surface area contributed by atoms with Gasteiger partial charge in [-0.3, -0.25) is 9.59 Å². The number of pyridine rings is 1. The number of carbonyl (C=O) groups is 1. The number of aromatic nitrogens is 3. The van der Waals surface area contributed by atoms with Crippen LogP contribution in [0.1, 0.15) is 12.5 Å². The number of hydrogen-bond donors (Lipinski definition) is 2. The number of anilines is 1. The van der Waals surface area contributed by atoms with E-state index >= 15 is 0 Å². The van der Waals surface area contributed by atoms with E-state index in [2.05, 4.69) is 20.6 Å². The number of nitrogens with one attached hydrogen (secondary N) is 2. The summed E-state index contributed by atoms with van der Waals surface area (Å²) in [6, 6.07) is 14.3. The van der Waals surface area contributed by atoms with Gasteiger partial charge in [0.15, 0.2) is 0 Å². The van der Waals surface area contributed by atoms with Crippen LogP contribution in [0.4, 0.5) is 5.82 Å². The molecule has 0 aliphatic carbocycles. The molecule has 0 atom stereocenters. The Hall–Kier alpha value is -3.62. The second-order valence-electron chi connectivity index (χ2n) is 7.79. The summed E-state index contributed by atoms with van der Waals surface area (Å²) in [6.07, 6.45) is 1.62. The number of nitrogens with zero attached hydrogens (tertiary/aromatic N) is 3. The third-order valence-electron chi connectivity index (χ3n) is 5.36. The molecule has 0 aliphatic heterocycles. The lowest BCUT2D eigenvalue weighted by Gasteiger charge is -2.14. The molecule has 8 nitrogen and oxygen atoms in total. The van der Waals surface area contributed by atoms with E-state index in [-0.39, 0.29) is 18.0 Å². The van der Waals surface area contributed by atoms with Gasteiger partial charge in [-0.2, -0.15) is 0 Å². The number of carbonyl (C=O) groups excluding carboxylic acids is 1. The van der Waals surface area contributed by atoms with Crippen LogP contribution in [0.2, 0.25) is 10.0 Å². The van der Waals surface area contributed by atoms with Crippen molar-refractivity contribution in [2.45, 2.75) is 20.0 Å². The number of amides is 1. The number of methoxy groups -OCH3 is 1. The molecule has 10 heteroatoms. The van der Waals surface area contributed by atoms with Crippen molar-refractivity contribution in [3.05, 3.63) is 80.7 Å². The lowest BCUT2D eigenvalue weighted by Crippen LogP contribution is -2.31. The molecule has 0 aliphatic rings. The van der Waals surface area contributed by atoms with Crippen LogP contribution in [0.5, 0.6) is 5.75 Å². The zero-order valence-corrected chi connectivity index (χ0v) is 20.7. The largest absolute Gasteiger partial charge is 0.497 e. The van der Waals surface area contributed by atoms with Gasteiger partial charge in [0, 0.05) is 38.2 Å². The van der Waals surface area contributed by atoms with Crippen LogP contribution in [-0.4, -0.2) is 34.1 Å². The minimum atomic E-state index is -0.269. The Bertz CT molecular complexity index is 1440. The van der Waals surface area contributed by atoms with Crippen LogP contribution < -0.4 is 20.9 Å². The van der Waals surface area contributed by atoms with E-state index in [0.717, 1.165) is 5.56 Å². The molecule has 2 heterocycles. The zero-order valence-electron chi connectivity index (χ0n) is 19.1. The molecule has 2 aromatic heterocycles. The number of halogens is 2. The standard InChI is InChI=1S/C25H23Cl2N5O3/c1-15(33)28-9-10-32-22-12-23(29-13-16-3-8-19(26)20(27)11-16)30-14-21(22)31-24(25(32)34)17-4-6-18(35-2)7-5-17/h3-8,11-12,14H,9-10,13H2,1-2H3,(H,28,33)(H,29,30). The molecular weight excluding hydrogens is 489 g/mol. The molecule has 0 fully saturated rings. The van der Waals surface area contributed by atoms with Gasteiger partial charge in [-0.05, 0) is 42.0 Å². The molecule has 0 unspecified atom stereocenters. The number of hydrogen-bond acceptors (Lipinski definition) is 6. The lowest BCUT2D eigenvalue weighted by molar-refractivity contribution is -0.118. The summed E-state index contributed by atoms with van der Waals surface area (Å²) in [6.45, 7) is 2.47. The van der Waals surface area contributed by atoms with Gasteiger partial charge in [0.05, 0.1) is 28.9 Å². The quantitative estimate of drug-likeness (QED) is 0.360. The maximum Gasteiger partial charge on any atom is 0.277 e. The molecule has 0 saturated carbocycles. The minimum absolute atomic E-state index is 0.169. The van der Waals surface area contributed by atoms with E-state index in [4.69, 9.17) is 27.9 Å². The summed E-state index contributed by atoms with van der Waals surface area (Å²) in [4.78, 5) is 33.9. The minimum Gasteiger partial charge on any atom is -0.497 e. The van der Waals surface area contributed by atoms with Gasteiger partial charge in [-0.1, -0.05) is 29.3 Å². The molecule has 4 rings (SSSR count). The van der Waals surface area contributed by atoms with Crippen molar-refractivity contribution >= 4 is 46.0 Å². The third-order valence-corrected chi connectivity index (χ3v) is 6.10. The summed E-state index contributed by atoms with van der Waals surface area (Å²) in [7, 11) is 1.58. The Morgan fingerprint density at radius 1 is 1.09 bits per heavy atom. The molecular formula is C25H23Cl2N5O3. The first kappa shape index (κ1) is 24.5. The van der Waals surface area contributed by atoms with Gasteiger partial charge >= 0.3 is 0 Å². The maximum atomic E-state index is 13.5. The van der Waals surface area contributed by atoms with Gasteiger partial charge in [0.25, 0.3) is 5.56 Å². The fourth-order valence-electron chi connectivity index (χ4n) is 3.59. The Labute approximate surface area is 211 Å². The van der Waals surface area contributed by atoms with Crippen LogP contribution >= 0.6 is 23.2 Å². The van der Waals surface area contributed by atoms with Crippen molar-refractivity contribution in [3.8, 4) is 17.0 Å². The molecule has 2 aromatic carbocycles. The topological polar surface area (TPSA) is 98.1 Å². The van der Waals surface area contributed by atoms with E-state index in [9.17, 15) is 9.59 Å². The maximum absolute atomic E-state index is 13.5. The molecule has 1 amide bonds. The highest BCUT2D eigenvalue weighted by Crippen LogP contribution is 2.24. The van der Waals surface area contributed by atoms with Gasteiger partial charge < -0.3 is 19.9 Å². The highest BCUT2D eigenvalue weighted by Gasteiger charge is 2.14. The van der Waals surface area contributed by atoms with E-state index in [0.29, 0.717) is 57.0 Å². The monoisotopic (exact) mass is 511 g/mol. The molecule has 0 spiro atoms. The normalized spacial score (nSPS) is 10.9. The number of benzene rings is 2. The molecule has 4 aromatic rings. The Kier molecular flexibility index (Phi) is 7.53. The van der Waals surface area contributed by atoms with Crippen LogP contribution in [0.25, 0.3) is 22.3 Å². The third kappa shape index (κ3) is 5.72. The smallest absolute Gasteiger partial charge is 0.277 e. The SMILES string of the molecule is COc1ccc(-c2nc3cnc(NCc4ccc(Cl)c(Cl)c4)cc3n(CCNC(C)=O)c2=O)cc1. The number of rotatable bonds is 8. The molecule has 35 heavy (non-hydrogen) atoms. The molecule has 180 valence electrons. The number of fused-ring (bicyclic) bond motifs is 1. The first-order chi connectivity index (χ1) is 16.9.